The molecule has 0 heterocycles. The van der Waals surface area contributed by atoms with E-state index >= 15 is 0 Å². The summed E-state index contributed by atoms with van der Waals surface area (Å²) in [6, 6.07) is 15.4. The van der Waals surface area contributed by atoms with Gasteiger partial charge in [-0.2, -0.15) is 0 Å². The first kappa shape index (κ1) is 19.8. The minimum absolute atomic E-state index is 0.0100. The molecule has 140 valence electrons. The summed E-state index contributed by atoms with van der Waals surface area (Å²) in [6.07, 6.45) is 0.939. The van der Waals surface area contributed by atoms with E-state index in [0.29, 0.717) is 25.3 Å². The lowest BCUT2D eigenvalue weighted by atomic mass is 10.1. The minimum Gasteiger partial charge on any atom is -0.494 e. The average Bonchev–Trinajstić information content (AvgIpc) is 2.65. The van der Waals surface area contributed by atoms with E-state index in [4.69, 9.17) is 9.47 Å². The van der Waals surface area contributed by atoms with Crippen LogP contribution in [0.25, 0.3) is 0 Å². The summed E-state index contributed by atoms with van der Waals surface area (Å²) in [7, 11) is 0. The van der Waals surface area contributed by atoms with E-state index in [1.165, 1.54) is 0 Å². The van der Waals surface area contributed by atoms with Crippen LogP contribution in [0.1, 0.15) is 50.0 Å². The number of amides is 1. The van der Waals surface area contributed by atoms with E-state index in [2.05, 4.69) is 6.92 Å². The number of ether oxygens (including phenoxy) is 2. The third-order valence-corrected chi connectivity index (χ3v) is 4.03. The molecule has 0 unspecified atom stereocenters. The van der Waals surface area contributed by atoms with Crippen LogP contribution in [-0.4, -0.2) is 30.1 Å². The molecule has 0 aliphatic carbocycles. The summed E-state index contributed by atoms with van der Waals surface area (Å²) in [5.41, 5.74) is 1.73. The summed E-state index contributed by atoms with van der Waals surface area (Å²) >= 11 is 0. The second-order valence-electron chi connectivity index (χ2n) is 6.48. The maximum Gasteiger partial charge on any atom is 0.254 e. The Morgan fingerprint density at radius 1 is 1.00 bits per heavy atom. The van der Waals surface area contributed by atoms with Crippen LogP contribution in [0.3, 0.4) is 0 Å². The molecule has 0 aliphatic heterocycles. The monoisotopic (exact) mass is 355 g/mol. The van der Waals surface area contributed by atoms with Crippen molar-refractivity contribution in [1.29, 1.82) is 0 Å². The third-order valence-electron chi connectivity index (χ3n) is 4.03. The van der Waals surface area contributed by atoms with Gasteiger partial charge >= 0.3 is 0 Å². The predicted molar refractivity (Wildman–Crippen MR) is 105 cm³/mol. The number of hydrogen-bond acceptors (Lipinski definition) is 3. The molecule has 0 spiro atoms. The fourth-order valence-electron chi connectivity index (χ4n) is 2.65. The molecule has 0 atom stereocenters. The van der Waals surface area contributed by atoms with Crippen molar-refractivity contribution in [2.45, 2.75) is 46.7 Å². The average molecular weight is 355 g/mol. The smallest absolute Gasteiger partial charge is 0.254 e. The molecule has 4 heteroatoms. The Labute approximate surface area is 156 Å². The number of hydrogen-bond donors (Lipinski definition) is 0. The zero-order chi connectivity index (χ0) is 18.9. The number of rotatable bonds is 9. The van der Waals surface area contributed by atoms with E-state index in [9.17, 15) is 4.79 Å². The summed E-state index contributed by atoms with van der Waals surface area (Å²) in [5, 5.41) is 0. The van der Waals surface area contributed by atoms with Crippen LogP contribution < -0.4 is 9.47 Å². The zero-order valence-corrected chi connectivity index (χ0v) is 16.2. The zero-order valence-electron chi connectivity index (χ0n) is 16.2. The largest absolute Gasteiger partial charge is 0.494 e. The van der Waals surface area contributed by atoms with Crippen LogP contribution in [0.15, 0.2) is 48.5 Å². The molecule has 2 aromatic carbocycles. The highest BCUT2D eigenvalue weighted by Gasteiger charge is 2.19. The first-order valence-corrected chi connectivity index (χ1v) is 9.30. The Morgan fingerprint density at radius 2 is 1.73 bits per heavy atom. The van der Waals surface area contributed by atoms with Crippen molar-refractivity contribution in [3.05, 3.63) is 59.7 Å². The van der Waals surface area contributed by atoms with E-state index in [-0.39, 0.29) is 11.9 Å². The molecule has 2 rings (SSSR count). The van der Waals surface area contributed by atoms with Crippen molar-refractivity contribution < 1.29 is 14.3 Å². The lowest BCUT2D eigenvalue weighted by Crippen LogP contribution is -2.36. The lowest BCUT2D eigenvalue weighted by molar-refractivity contribution is 0.0690. The maximum atomic E-state index is 13.0. The van der Waals surface area contributed by atoms with Crippen molar-refractivity contribution in [1.82, 2.24) is 4.90 Å². The highest BCUT2D eigenvalue weighted by atomic mass is 16.5. The van der Waals surface area contributed by atoms with E-state index in [1.54, 1.807) is 0 Å². The topological polar surface area (TPSA) is 38.8 Å². The van der Waals surface area contributed by atoms with Crippen molar-refractivity contribution in [2.24, 2.45) is 0 Å². The van der Waals surface area contributed by atoms with Gasteiger partial charge in [-0.05, 0) is 63.1 Å². The molecule has 4 nitrogen and oxygen atoms in total. The van der Waals surface area contributed by atoms with Gasteiger partial charge in [-0.1, -0.05) is 25.1 Å². The van der Waals surface area contributed by atoms with Crippen molar-refractivity contribution in [2.75, 3.05) is 13.2 Å². The highest BCUT2D eigenvalue weighted by Crippen LogP contribution is 2.19. The van der Waals surface area contributed by atoms with Gasteiger partial charge in [0.15, 0.2) is 0 Å². The quantitative estimate of drug-likeness (QED) is 0.640. The van der Waals surface area contributed by atoms with E-state index in [1.807, 2.05) is 74.2 Å². The summed E-state index contributed by atoms with van der Waals surface area (Å²) in [6.45, 7) is 9.94. The first-order chi connectivity index (χ1) is 12.5. The van der Waals surface area contributed by atoms with Gasteiger partial charge in [0, 0.05) is 18.2 Å². The van der Waals surface area contributed by atoms with E-state index < -0.39 is 0 Å². The Bertz CT molecular complexity index is 695. The van der Waals surface area contributed by atoms with Crippen LogP contribution in [0, 0.1) is 0 Å². The Morgan fingerprint density at radius 3 is 2.35 bits per heavy atom. The second-order valence-corrected chi connectivity index (χ2v) is 6.48. The van der Waals surface area contributed by atoms with Crippen molar-refractivity contribution in [3.8, 4) is 11.5 Å². The molecule has 26 heavy (non-hydrogen) atoms. The normalized spacial score (nSPS) is 10.7. The fraction of sp³-hybridized carbons (Fsp3) is 0.409. The molecule has 1 amide bonds. The summed E-state index contributed by atoms with van der Waals surface area (Å²) in [5.74, 6) is 1.60. The molecular formula is C22H29NO3. The highest BCUT2D eigenvalue weighted by molar-refractivity contribution is 5.94. The molecule has 0 N–H and O–H groups in total. The van der Waals surface area contributed by atoms with Crippen molar-refractivity contribution in [3.63, 3.8) is 0 Å². The van der Waals surface area contributed by atoms with Gasteiger partial charge in [0.2, 0.25) is 0 Å². The molecule has 2 aromatic rings. The Hall–Kier alpha value is -2.49. The second kappa shape index (κ2) is 9.85. The van der Waals surface area contributed by atoms with Gasteiger partial charge in [-0.25, -0.2) is 0 Å². The third kappa shape index (κ3) is 5.51. The van der Waals surface area contributed by atoms with Crippen LogP contribution in [0.5, 0.6) is 11.5 Å². The van der Waals surface area contributed by atoms with Crippen LogP contribution in [-0.2, 0) is 6.54 Å². The van der Waals surface area contributed by atoms with Gasteiger partial charge in [0.1, 0.15) is 11.5 Å². The molecule has 0 fully saturated rings. The minimum atomic E-state index is 0.0100. The Balaban J connectivity index is 2.14. The SMILES string of the molecule is CCCOc1cccc(C(=O)N(Cc2ccc(OCC)cc2)C(C)C)c1. The number of carbonyl (C=O) groups is 1. The molecule has 0 radical (unpaired) electrons. The standard InChI is InChI=1S/C22H29NO3/c1-5-14-26-21-9-7-8-19(15-21)22(24)23(17(3)4)16-18-10-12-20(13-11-18)25-6-2/h7-13,15,17H,5-6,14,16H2,1-4H3. The van der Waals surface area contributed by atoms with Gasteiger partial charge in [-0.15, -0.1) is 0 Å². The van der Waals surface area contributed by atoms with Crippen LogP contribution in [0.2, 0.25) is 0 Å². The number of carbonyl (C=O) groups excluding carboxylic acids is 1. The molecule has 0 aromatic heterocycles. The number of nitrogens with zero attached hydrogens (tertiary/aromatic N) is 1. The molecule has 0 saturated carbocycles. The predicted octanol–water partition coefficient (Wildman–Crippen LogP) is 4.92. The van der Waals surface area contributed by atoms with Gasteiger partial charge in [0.05, 0.1) is 13.2 Å². The number of benzene rings is 2. The molecular weight excluding hydrogens is 326 g/mol. The van der Waals surface area contributed by atoms with Crippen LogP contribution >= 0.6 is 0 Å². The van der Waals surface area contributed by atoms with Crippen molar-refractivity contribution >= 4 is 5.91 Å². The molecule has 0 aliphatic rings. The fourth-order valence-corrected chi connectivity index (χ4v) is 2.65. The van der Waals surface area contributed by atoms with Gasteiger partial charge in [0.25, 0.3) is 5.91 Å². The molecule has 0 saturated heterocycles. The summed E-state index contributed by atoms with van der Waals surface area (Å²) in [4.78, 5) is 14.9. The Kier molecular flexibility index (Phi) is 7.52. The van der Waals surface area contributed by atoms with Gasteiger partial charge < -0.3 is 14.4 Å². The first-order valence-electron chi connectivity index (χ1n) is 9.30. The molecule has 0 bridgehead atoms. The van der Waals surface area contributed by atoms with Crippen LogP contribution in [0.4, 0.5) is 0 Å². The van der Waals surface area contributed by atoms with E-state index in [0.717, 1.165) is 23.5 Å². The maximum absolute atomic E-state index is 13.0. The summed E-state index contributed by atoms with van der Waals surface area (Å²) < 4.78 is 11.1. The lowest BCUT2D eigenvalue weighted by Gasteiger charge is -2.27. The van der Waals surface area contributed by atoms with Gasteiger partial charge in [-0.3, -0.25) is 4.79 Å².